The van der Waals surface area contributed by atoms with E-state index in [0.29, 0.717) is 12.2 Å². The fourth-order valence-corrected chi connectivity index (χ4v) is 0.866. The third-order valence-electron chi connectivity index (χ3n) is 1.83. The van der Waals surface area contributed by atoms with E-state index in [1.807, 2.05) is 27.7 Å². The molecule has 136 valence electrons. The van der Waals surface area contributed by atoms with E-state index in [4.69, 9.17) is 0 Å². The number of carboxylic acids is 2. The van der Waals surface area contributed by atoms with Crippen LogP contribution in [0, 0.1) is 11.8 Å². The molecule has 0 aliphatic heterocycles. The van der Waals surface area contributed by atoms with Crippen molar-refractivity contribution in [2.24, 2.45) is 11.8 Å². The minimum atomic E-state index is -1.41. The minimum absolute atomic E-state index is 0. The van der Waals surface area contributed by atoms with Crippen molar-refractivity contribution in [2.45, 2.75) is 27.7 Å². The first-order chi connectivity index (χ1) is 11.0. The molecule has 0 aromatic rings. The van der Waals surface area contributed by atoms with Gasteiger partial charge in [0.25, 0.3) is 0 Å². The fraction of sp³-hybridized carbons (Fsp3) is 0.500. The van der Waals surface area contributed by atoms with Crippen LogP contribution in [0.4, 0.5) is 0 Å². The van der Waals surface area contributed by atoms with Crippen LogP contribution in [-0.2, 0) is 48.1 Å². The predicted octanol–water partition coefficient (Wildman–Crippen LogP) is -1.02. The Morgan fingerprint density at radius 1 is 0.720 bits per heavy atom. The van der Waals surface area contributed by atoms with Gasteiger partial charge in [-0.1, -0.05) is 27.7 Å². The van der Waals surface area contributed by atoms with Gasteiger partial charge in [-0.15, -0.1) is 0 Å². The van der Waals surface area contributed by atoms with Crippen molar-refractivity contribution in [3.05, 3.63) is 24.3 Å². The van der Waals surface area contributed by atoms with Crippen molar-refractivity contribution in [3.63, 3.8) is 0 Å². The van der Waals surface area contributed by atoms with Crippen molar-refractivity contribution >= 4 is 23.9 Å². The topological polar surface area (TPSA) is 133 Å². The normalized spacial score (nSPS) is 10.2. The molecule has 0 radical (unpaired) electrons. The Morgan fingerprint density at radius 3 is 1.20 bits per heavy atom. The molecule has 25 heavy (non-hydrogen) atoms. The van der Waals surface area contributed by atoms with E-state index in [0.717, 1.165) is 12.2 Å². The average molecular weight is 408 g/mol. The molecule has 0 amide bonds. The van der Waals surface area contributed by atoms with Crippen molar-refractivity contribution in [3.8, 4) is 0 Å². The number of esters is 2. The molecule has 0 rings (SSSR count). The van der Waals surface area contributed by atoms with E-state index in [2.05, 4.69) is 9.47 Å². The summed E-state index contributed by atoms with van der Waals surface area (Å²) in [5, 5.41) is 19.7. The van der Waals surface area contributed by atoms with E-state index >= 15 is 0 Å². The van der Waals surface area contributed by atoms with Gasteiger partial charge >= 0.3 is 31.4 Å². The predicted molar refractivity (Wildman–Crippen MR) is 79.9 cm³/mol. The summed E-state index contributed by atoms with van der Waals surface area (Å²) in [7, 11) is 0. The molecule has 0 unspecified atom stereocenters. The summed E-state index contributed by atoms with van der Waals surface area (Å²) in [6.45, 7) is 8.11. The fourth-order valence-electron chi connectivity index (χ4n) is 0.866. The van der Waals surface area contributed by atoms with Crippen LogP contribution in [0.1, 0.15) is 27.7 Å². The van der Waals surface area contributed by atoms with Gasteiger partial charge < -0.3 is 29.3 Å². The van der Waals surface area contributed by atoms with Gasteiger partial charge in [0, 0.05) is 12.2 Å². The first-order valence-electron chi connectivity index (χ1n) is 7.16. The van der Waals surface area contributed by atoms with Crippen LogP contribution in [0.3, 0.4) is 0 Å². The Morgan fingerprint density at radius 2 is 1.00 bits per heavy atom. The largest absolute Gasteiger partial charge is 2.00 e. The maximum Gasteiger partial charge on any atom is 2.00 e. The third kappa shape index (κ3) is 27.1. The second-order valence-corrected chi connectivity index (χ2v) is 5.35. The molecule has 0 N–H and O–H groups in total. The summed E-state index contributed by atoms with van der Waals surface area (Å²) in [4.78, 5) is 41.0. The molecule has 0 aromatic carbocycles. The maximum atomic E-state index is 10.7. The van der Waals surface area contributed by atoms with Crippen LogP contribution in [0.2, 0.25) is 0 Å². The molecule has 0 atom stereocenters. The Balaban J connectivity index is -0.000000372. The van der Waals surface area contributed by atoms with E-state index in [1.165, 1.54) is 0 Å². The molecule has 0 aliphatic rings. The number of carbonyl (C=O) groups excluding carboxylic acids is 4. The standard InChI is InChI=1S/2C8H12O4.Zn/c2*1-6(2)5-12-8(11)4-3-7(9)10;/h2*3-4,6H,5H2,1-2H3,(H,9,10);/q;;+2/p-2. The van der Waals surface area contributed by atoms with Crippen LogP contribution in [0.25, 0.3) is 0 Å². The van der Waals surface area contributed by atoms with Gasteiger partial charge in [-0.25, -0.2) is 9.59 Å². The summed E-state index contributed by atoms with van der Waals surface area (Å²) >= 11 is 0. The molecule has 0 aliphatic carbocycles. The van der Waals surface area contributed by atoms with Gasteiger partial charge in [0.15, 0.2) is 0 Å². The van der Waals surface area contributed by atoms with Crippen LogP contribution < -0.4 is 10.2 Å². The molecule has 0 fully saturated rings. The van der Waals surface area contributed by atoms with Gasteiger partial charge in [-0.05, 0) is 24.0 Å². The summed E-state index contributed by atoms with van der Waals surface area (Å²) in [6, 6.07) is 0. The zero-order chi connectivity index (χ0) is 19.1. The van der Waals surface area contributed by atoms with Gasteiger partial charge in [0.2, 0.25) is 0 Å². The molecular formula is C16H22O8Zn. The molecular weight excluding hydrogens is 386 g/mol. The first-order valence-corrected chi connectivity index (χ1v) is 7.16. The van der Waals surface area contributed by atoms with Crippen molar-refractivity contribution in [1.29, 1.82) is 0 Å². The van der Waals surface area contributed by atoms with Crippen LogP contribution in [0.5, 0.6) is 0 Å². The van der Waals surface area contributed by atoms with Crippen molar-refractivity contribution < 1.29 is 58.3 Å². The third-order valence-corrected chi connectivity index (χ3v) is 1.83. The van der Waals surface area contributed by atoms with Crippen molar-refractivity contribution in [1.82, 2.24) is 0 Å². The van der Waals surface area contributed by atoms with E-state index < -0.39 is 23.9 Å². The molecule has 0 saturated carbocycles. The molecule has 9 heteroatoms. The smallest absolute Gasteiger partial charge is 0.545 e. The molecule has 0 bridgehead atoms. The molecule has 8 nitrogen and oxygen atoms in total. The number of aliphatic carboxylic acids is 2. The van der Waals surface area contributed by atoms with Gasteiger partial charge in [0.1, 0.15) is 0 Å². The number of hydrogen-bond acceptors (Lipinski definition) is 8. The van der Waals surface area contributed by atoms with Crippen LogP contribution >= 0.6 is 0 Å². The number of carboxylic acid groups (broad SMARTS) is 2. The molecule has 0 heterocycles. The van der Waals surface area contributed by atoms with Gasteiger partial charge in [-0.3, -0.25) is 0 Å². The second-order valence-electron chi connectivity index (χ2n) is 5.35. The Kier molecular flexibility index (Phi) is 18.7. The van der Waals surface area contributed by atoms with E-state index in [1.54, 1.807) is 0 Å². The monoisotopic (exact) mass is 406 g/mol. The Labute approximate surface area is 159 Å². The number of hydrogen-bond donors (Lipinski definition) is 0. The summed E-state index contributed by atoms with van der Waals surface area (Å²) in [5.74, 6) is -3.65. The zero-order valence-corrected chi connectivity index (χ0v) is 17.8. The van der Waals surface area contributed by atoms with E-state index in [-0.39, 0.29) is 44.5 Å². The number of rotatable bonds is 8. The number of carbonyl (C=O) groups is 4. The average Bonchev–Trinajstić information content (AvgIpc) is 2.47. The first kappa shape index (κ1) is 27.8. The van der Waals surface area contributed by atoms with Gasteiger partial charge in [-0.2, -0.15) is 0 Å². The van der Waals surface area contributed by atoms with Gasteiger partial charge in [0.05, 0.1) is 25.2 Å². The summed E-state index contributed by atoms with van der Waals surface area (Å²) < 4.78 is 9.27. The van der Waals surface area contributed by atoms with Crippen LogP contribution in [0.15, 0.2) is 24.3 Å². The SMILES string of the molecule is CC(C)COC(=O)C=CC(=O)[O-].CC(C)COC(=O)C=CC(=O)[O-].[Zn+2]. The number of ether oxygens (including phenoxy) is 2. The van der Waals surface area contributed by atoms with Crippen LogP contribution in [-0.4, -0.2) is 37.1 Å². The van der Waals surface area contributed by atoms with E-state index in [9.17, 15) is 29.4 Å². The summed E-state index contributed by atoms with van der Waals surface area (Å²) in [6.07, 6.45) is 2.95. The maximum absolute atomic E-state index is 10.7. The minimum Gasteiger partial charge on any atom is -0.545 e. The second kappa shape index (κ2) is 16.8. The summed E-state index contributed by atoms with van der Waals surface area (Å²) in [5.41, 5.74) is 0. The Hall–Kier alpha value is -2.02. The quantitative estimate of drug-likeness (QED) is 0.283. The van der Waals surface area contributed by atoms with Crippen molar-refractivity contribution in [2.75, 3.05) is 13.2 Å². The Bertz CT molecular complexity index is 437. The zero-order valence-electron chi connectivity index (χ0n) is 14.9. The molecule has 0 saturated heterocycles. The molecule has 0 aromatic heterocycles. The molecule has 0 spiro atoms.